The topological polar surface area (TPSA) is 92.7 Å². The largest absolute Gasteiger partial charge is 0.468 e. The van der Waals surface area contributed by atoms with Crippen molar-refractivity contribution in [2.75, 3.05) is 13.7 Å². The molecule has 0 aromatic heterocycles. The van der Waals surface area contributed by atoms with E-state index in [-0.39, 0.29) is 17.1 Å². The third-order valence-corrected chi connectivity index (χ3v) is 4.21. The number of methoxy groups -OCH3 is 1. The predicted molar refractivity (Wildman–Crippen MR) is 76.9 cm³/mol. The van der Waals surface area contributed by atoms with E-state index in [4.69, 9.17) is 5.11 Å². The smallest absolute Gasteiger partial charge is 0.323 e. The second-order valence-electron chi connectivity index (χ2n) is 4.33. The molecule has 0 aliphatic heterocycles. The van der Waals surface area contributed by atoms with E-state index in [1.54, 1.807) is 19.1 Å². The number of carbonyl (C=O) groups excluding carboxylic acids is 1. The van der Waals surface area contributed by atoms with Crippen molar-refractivity contribution in [2.45, 2.75) is 24.8 Å². The molecule has 0 spiro atoms. The van der Waals surface area contributed by atoms with Crippen molar-refractivity contribution in [1.29, 1.82) is 0 Å². The van der Waals surface area contributed by atoms with Crippen molar-refractivity contribution in [3.8, 4) is 11.8 Å². The Morgan fingerprint density at radius 3 is 2.71 bits per heavy atom. The molecule has 0 amide bonds. The van der Waals surface area contributed by atoms with Crippen LogP contribution >= 0.6 is 0 Å². The summed E-state index contributed by atoms with van der Waals surface area (Å²) < 4.78 is 31.3. The maximum Gasteiger partial charge on any atom is 0.323 e. The van der Waals surface area contributed by atoms with Crippen molar-refractivity contribution in [3.05, 3.63) is 29.3 Å². The lowest BCUT2D eigenvalue weighted by Crippen LogP contribution is -2.39. The summed E-state index contributed by atoms with van der Waals surface area (Å²) in [7, 11) is -2.75. The molecule has 1 rings (SSSR count). The number of aryl methyl sites for hydroxylation is 1. The van der Waals surface area contributed by atoms with E-state index >= 15 is 0 Å². The molecular weight excluding hydrogens is 294 g/mol. The Morgan fingerprint density at radius 2 is 2.14 bits per heavy atom. The normalized spacial score (nSPS) is 12.2. The Kier molecular flexibility index (Phi) is 5.90. The molecule has 0 aliphatic rings. The Bertz CT molecular complexity index is 685. The maximum absolute atomic E-state index is 12.3. The van der Waals surface area contributed by atoms with Gasteiger partial charge in [0.05, 0.1) is 12.0 Å². The predicted octanol–water partition coefficient (Wildman–Crippen LogP) is 0.179. The molecule has 0 radical (unpaired) electrons. The first-order valence-corrected chi connectivity index (χ1v) is 7.60. The van der Waals surface area contributed by atoms with Crippen molar-refractivity contribution >= 4 is 16.0 Å². The molecule has 2 N–H and O–H groups in total. The average Bonchev–Trinajstić information content (AvgIpc) is 2.43. The van der Waals surface area contributed by atoms with Crippen molar-refractivity contribution < 1.29 is 23.1 Å². The molecule has 1 atom stereocenters. The Hall–Kier alpha value is -1.88. The van der Waals surface area contributed by atoms with Crippen LogP contribution in [0.15, 0.2) is 23.1 Å². The highest BCUT2D eigenvalue weighted by Gasteiger charge is 2.24. The van der Waals surface area contributed by atoms with Gasteiger partial charge in [-0.25, -0.2) is 8.42 Å². The van der Waals surface area contributed by atoms with Gasteiger partial charge in [0.1, 0.15) is 12.6 Å². The third kappa shape index (κ3) is 4.56. The van der Waals surface area contributed by atoms with Crippen LogP contribution in [0.5, 0.6) is 0 Å². The molecule has 0 aliphatic carbocycles. The van der Waals surface area contributed by atoms with Crippen LogP contribution in [0.1, 0.15) is 18.1 Å². The van der Waals surface area contributed by atoms with Gasteiger partial charge in [0, 0.05) is 5.56 Å². The summed E-state index contributed by atoms with van der Waals surface area (Å²) in [4.78, 5) is 11.3. The first-order chi connectivity index (χ1) is 9.81. The molecule has 114 valence electrons. The van der Waals surface area contributed by atoms with Gasteiger partial charge in [-0.15, -0.1) is 0 Å². The van der Waals surface area contributed by atoms with E-state index < -0.39 is 22.0 Å². The number of rotatable bonds is 4. The lowest BCUT2D eigenvalue weighted by atomic mass is 10.1. The minimum atomic E-state index is -3.93. The molecular formula is C14H17NO5S. The Morgan fingerprint density at radius 1 is 1.48 bits per heavy atom. The van der Waals surface area contributed by atoms with E-state index in [1.807, 2.05) is 0 Å². The number of esters is 1. The zero-order valence-electron chi connectivity index (χ0n) is 12.0. The van der Waals surface area contributed by atoms with Gasteiger partial charge >= 0.3 is 5.97 Å². The Labute approximate surface area is 124 Å². The highest BCUT2D eigenvalue weighted by Crippen LogP contribution is 2.17. The van der Waals surface area contributed by atoms with Crippen LogP contribution in [0, 0.1) is 18.8 Å². The van der Waals surface area contributed by atoms with Crippen LogP contribution in [-0.2, 0) is 19.6 Å². The lowest BCUT2D eigenvalue weighted by molar-refractivity contribution is -0.142. The minimum Gasteiger partial charge on any atom is -0.468 e. The van der Waals surface area contributed by atoms with E-state index in [0.717, 1.165) is 5.56 Å². The van der Waals surface area contributed by atoms with Crippen LogP contribution in [-0.4, -0.2) is 39.3 Å². The molecule has 0 bridgehead atoms. The molecule has 1 aromatic carbocycles. The first-order valence-electron chi connectivity index (χ1n) is 6.12. The number of sulfonamides is 1. The zero-order chi connectivity index (χ0) is 16.0. The summed E-state index contributed by atoms with van der Waals surface area (Å²) in [5.74, 6) is 4.32. The number of ether oxygens (including phenoxy) is 1. The molecule has 0 saturated heterocycles. The number of nitrogens with one attached hydrogen (secondary N) is 1. The quantitative estimate of drug-likeness (QED) is 0.611. The van der Waals surface area contributed by atoms with Crippen LogP contribution in [0.25, 0.3) is 0 Å². The number of aliphatic hydroxyl groups excluding tert-OH is 1. The molecule has 0 heterocycles. The highest BCUT2D eigenvalue weighted by molar-refractivity contribution is 7.89. The fourth-order valence-electron chi connectivity index (χ4n) is 1.63. The zero-order valence-corrected chi connectivity index (χ0v) is 12.8. The van der Waals surface area contributed by atoms with Gasteiger partial charge in [-0.1, -0.05) is 17.9 Å². The average molecular weight is 311 g/mol. The molecule has 7 heteroatoms. The van der Waals surface area contributed by atoms with Gasteiger partial charge in [0.2, 0.25) is 10.0 Å². The Balaban J connectivity index is 3.22. The van der Waals surface area contributed by atoms with Gasteiger partial charge in [-0.2, -0.15) is 4.72 Å². The first kappa shape index (κ1) is 17.2. The van der Waals surface area contributed by atoms with E-state index in [9.17, 15) is 13.2 Å². The van der Waals surface area contributed by atoms with Gasteiger partial charge in [0.15, 0.2) is 0 Å². The van der Waals surface area contributed by atoms with Gasteiger partial charge < -0.3 is 9.84 Å². The lowest BCUT2D eigenvalue weighted by Gasteiger charge is -2.13. The van der Waals surface area contributed by atoms with Gasteiger partial charge in [0.25, 0.3) is 0 Å². The summed E-state index contributed by atoms with van der Waals surface area (Å²) in [5, 5.41) is 8.74. The highest BCUT2D eigenvalue weighted by atomic mass is 32.2. The summed E-state index contributed by atoms with van der Waals surface area (Å²) in [6.45, 7) is 2.81. The van der Waals surface area contributed by atoms with Crippen molar-refractivity contribution in [3.63, 3.8) is 0 Å². The number of benzene rings is 1. The fourth-order valence-corrected chi connectivity index (χ4v) is 2.97. The van der Waals surface area contributed by atoms with E-state index in [1.165, 1.54) is 20.1 Å². The van der Waals surface area contributed by atoms with Crippen LogP contribution in [0.3, 0.4) is 0 Å². The summed E-state index contributed by atoms with van der Waals surface area (Å²) >= 11 is 0. The van der Waals surface area contributed by atoms with E-state index in [2.05, 4.69) is 21.3 Å². The van der Waals surface area contributed by atoms with Crippen LogP contribution in [0.4, 0.5) is 0 Å². The molecule has 21 heavy (non-hydrogen) atoms. The minimum absolute atomic E-state index is 0.0511. The maximum atomic E-state index is 12.3. The van der Waals surface area contributed by atoms with Gasteiger partial charge in [-0.05, 0) is 31.5 Å². The number of carbonyl (C=O) groups is 1. The summed E-state index contributed by atoms with van der Waals surface area (Å²) in [5.41, 5.74) is 1.09. The molecule has 6 nitrogen and oxygen atoms in total. The monoisotopic (exact) mass is 311 g/mol. The molecule has 1 unspecified atom stereocenters. The molecule has 0 saturated carbocycles. The third-order valence-electron chi connectivity index (χ3n) is 2.61. The standard InChI is InChI=1S/C14H17NO5S/c1-10-6-7-13(12(9-10)5-4-8-16)21(18,19)15-11(2)14(17)20-3/h6-7,9,11,15-16H,8H2,1-3H3. The molecule has 1 aromatic rings. The van der Waals surface area contributed by atoms with Crippen LogP contribution in [0.2, 0.25) is 0 Å². The van der Waals surface area contributed by atoms with Gasteiger partial charge in [-0.3, -0.25) is 4.79 Å². The second kappa shape index (κ2) is 7.22. The second-order valence-corrected chi connectivity index (χ2v) is 6.01. The number of hydrogen-bond donors (Lipinski definition) is 2. The van der Waals surface area contributed by atoms with Crippen LogP contribution < -0.4 is 4.72 Å². The summed E-state index contributed by atoms with van der Waals surface area (Å²) in [6, 6.07) is 3.62. The summed E-state index contributed by atoms with van der Waals surface area (Å²) in [6.07, 6.45) is 0. The number of aliphatic hydroxyl groups is 1. The SMILES string of the molecule is COC(=O)C(C)NS(=O)(=O)c1ccc(C)cc1C#CCO. The van der Waals surface area contributed by atoms with Crippen molar-refractivity contribution in [1.82, 2.24) is 4.72 Å². The number of hydrogen-bond acceptors (Lipinski definition) is 5. The molecule has 0 fully saturated rings. The van der Waals surface area contributed by atoms with E-state index in [0.29, 0.717) is 0 Å². The fraction of sp³-hybridized carbons (Fsp3) is 0.357. The van der Waals surface area contributed by atoms with Crippen molar-refractivity contribution in [2.24, 2.45) is 0 Å².